The summed E-state index contributed by atoms with van der Waals surface area (Å²) in [7, 11) is 0. The number of rotatable bonds is 4. The summed E-state index contributed by atoms with van der Waals surface area (Å²) in [6.45, 7) is 6.53. The van der Waals surface area contributed by atoms with Crippen molar-refractivity contribution in [2.45, 2.75) is 46.0 Å². The van der Waals surface area contributed by atoms with E-state index in [9.17, 15) is 0 Å². The van der Waals surface area contributed by atoms with Crippen LogP contribution in [-0.4, -0.2) is 13.1 Å². The highest BCUT2D eigenvalue weighted by atomic mass is 14.9. The minimum absolute atomic E-state index is 0.583. The van der Waals surface area contributed by atoms with Crippen molar-refractivity contribution in [3.05, 3.63) is 0 Å². The van der Waals surface area contributed by atoms with Gasteiger partial charge in [0, 0.05) is 19.5 Å². The van der Waals surface area contributed by atoms with Crippen LogP contribution in [0.25, 0.3) is 0 Å². The fraction of sp³-hybridized carbons (Fsp3) is 0.833. The molecule has 0 atom stereocenters. The lowest BCUT2D eigenvalue weighted by Gasteiger charge is -2.23. The second-order valence-electron chi connectivity index (χ2n) is 4.37. The molecule has 0 aromatic rings. The van der Waals surface area contributed by atoms with Crippen molar-refractivity contribution in [2.75, 3.05) is 13.1 Å². The lowest BCUT2D eigenvalue weighted by Crippen LogP contribution is -2.30. The van der Waals surface area contributed by atoms with Crippen molar-refractivity contribution in [2.24, 2.45) is 5.41 Å². The Bertz CT molecular complexity index is 191. The van der Waals surface area contributed by atoms with E-state index >= 15 is 0 Å². The largest absolute Gasteiger partial charge is 0.315 e. The predicted octanol–water partition coefficient (Wildman–Crippen LogP) is 2.57. The highest BCUT2D eigenvalue weighted by Crippen LogP contribution is 2.36. The third-order valence-corrected chi connectivity index (χ3v) is 2.97. The van der Waals surface area contributed by atoms with Crippen LogP contribution in [0.15, 0.2) is 0 Å². The quantitative estimate of drug-likeness (QED) is 0.516. The molecule has 0 saturated heterocycles. The second-order valence-corrected chi connectivity index (χ2v) is 4.37. The molecule has 0 aromatic carbocycles. The molecule has 0 heterocycles. The van der Waals surface area contributed by atoms with Gasteiger partial charge in [-0.05, 0) is 25.2 Å². The molecular formula is C12H21N. The van der Waals surface area contributed by atoms with Crippen LogP contribution < -0.4 is 5.32 Å². The van der Waals surface area contributed by atoms with Crippen LogP contribution in [0.2, 0.25) is 0 Å². The fourth-order valence-electron chi connectivity index (χ4n) is 2.07. The molecule has 0 aliphatic heterocycles. The Balaban J connectivity index is 2.06. The smallest absolute Gasteiger partial charge is 0.0214 e. The van der Waals surface area contributed by atoms with Gasteiger partial charge < -0.3 is 5.32 Å². The van der Waals surface area contributed by atoms with E-state index in [1.54, 1.807) is 0 Å². The molecule has 1 nitrogen and oxygen atoms in total. The molecule has 1 rings (SSSR count). The van der Waals surface area contributed by atoms with Crippen LogP contribution in [0.3, 0.4) is 0 Å². The van der Waals surface area contributed by atoms with E-state index < -0.39 is 0 Å². The zero-order valence-corrected chi connectivity index (χ0v) is 8.95. The first-order valence-corrected chi connectivity index (χ1v) is 5.37. The maximum absolute atomic E-state index is 3.50. The lowest BCUT2D eigenvalue weighted by atomic mass is 9.89. The molecule has 1 fully saturated rings. The molecule has 1 saturated carbocycles. The fourth-order valence-corrected chi connectivity index (χ4v) is 2.07. The normalized spacial score (nSPS) is 19.5. The van der Waals surface area contributed by atoms with Crippen LogP contribution >= 0.6 is 0 Å². The van der Waals surface area contributed by atoms with Crippen LogP contribution in [0.4, 0.5) is 0 Å². The van der Waals surface area contributed by atoms with Crippen molar-refractivity contribution in [1.29, 1.82) is 0 Å². The summed E-state index contributed by atoms with van der Waals surface area (Å²) < 4.78 is 0. The minimum atomic E-state index is 0.583. The van der Waals surface area contributed by atoms with Crippen molar-refractivity contribution in [3.8, 4) is 11.8 Å². The molecule has 0 unspecified atom stereocenters. The highest BCUT2D eigenvalue weighted by Gasteiger charge is 2.27. The molecule has 0 bridgehead atoms. The van der Waals surface area contributed by atoms with Crippen molar-refractivity contribution >= 4 is 0 Å². The molecule has 0 spiro atoms. The Morgan fingerprint density at radius 1 is 1.31 bits per heavy atom. The number of hydrogen-bond donors (Lipinski definition) is 1. The Morgan fingerprint density at radius 3 is 2.62 bits per heavy atom. The van der Waals surface area contributed by atoms with E-state index in [2.05, 4.69) is 24.1 Å². The Kier molecular flexibility index (Phi) is 4.32. The van der Waals surface area contributed by atoms with E-state index in [4.69, 9.17) is 0 Å². The molecule has 1 aliphatic rings. The Morgan fingerprint density at radius 2 is 2.00 bits per heavy atom. The summed E-state index contributed by atoms with van der Waals surface area (Å²) in [4.78, 5) is 0. The van der Waals surface area contributed by atoms with Crippen LogP contribution in [0, 0.1) is 17.3 Å². The third kappa shape index (κ3) is 3.83. The average molecular weight is 179 g/mol. The lowest BCUT2D eigenvalue weighted by molar-refractivity contribution is 0.317. The van der Waals surface area contributed by atoms with E-state index in [0.29, 0.717) is 5.41 Å². The van der Waals surface area contributed by atoms with Gasteiger partial charge >= 0.3 is 0 Å². The van der Waals surface area contributed by atoms with Gasteiger partial charge in [-0.25, -0.2) is 0 Å². The number of hydrogen-bond acceptors (Lipinski definition) is 1. The van der Waals surface area contributed by atoms with Gasteiger partial charge in [-0.1, -0.05) is 19.8 Å². The van der Waals surface area contributed by atoms with Crippen LogP contribution in [0.1, 0.15) is 46.0 Å². The second kappa shape index (κ2) is 5.29. The molecule has 1 aliphatic carbocycles. The Labute approximate surface area is 82.3 Å². The van der Waals surface area contributed by atoms with Gasteiger partial charge in [0.2, 0.25) is 0 Å². The SMILES string of the molecule is CC#CCCNCC1(C)CCCC1. The summed E-state index contributed by atoms with van der Waals surface area (Å²) in [5.74, 6) is 5.99. The van der Waals surface area contributed by atoms with Gasteiger partial charge in [0.05, 0.1) is 0 Å². The summed E-state index contributed by atoms with van der Waals surface area (Å²) in [6.07, 6.45) is 6.64. The first kappa shape index (κ1) is 10.6. The molecule has 0 radical (unpaired) electrons. The van der Waals surface area contributed by atoms with Crippen molar-refractivity contribution in [3.63, 3.8) is 0 Å². The van der Waals surface area contributed by atoms with Gasteiger partial charge in [0.25, 0.3) is 0 Å². The number of nitrogens with one attached hydrogen (secondary N) is 1. The monoisotopic (exact) mass is 179 g/mol. The van der Waals surface area contributed by atoms with Crippen molar-refractivity contribution in [1.82, 2.24) is 5.32 Å². The van der Waals surface area contributed by atoms with Crippen molar-refractivity contribution < 1.29 is 0 Å². The predicted molar refractivity (Wildman–Crippen MR) is 57.5 cm³/mol. The van der Waals surface area contributed by atoms with E-state index in [1.807, 2.05) is 6.92 Å². The highest BCUT2D eigenvalue weighted by molar-refractivity contribution is 4.95. The van der Waals surface area contributed by atoms with E-state index in [1.165, 1.54) is 32.2 Å². The topological polar surface area (TPSA) is 12.0 Å². The van der Waals surface area contributed by atoms with Crippen LogP contribution in [0.5, 0.6) is 0 Å². The zero-order valence-electron chi connectivity index (χ0n) is 8.95. The maximum atomic E-state index is 3.50. The minimum Gasteiger partial charge on any atom is -0.315 e. The average Bonchev–Trinajstić information content (AvgIpc) is 2.53. The molecule has 1 N–H and O–H groups in total. The van der Waals surface area contributed by atoms with Crippen LogP contribution in [-0.2, 0) is 0 Å². The van der Waals surface area contributed by atoms with Gasteiger partial charge in [0.15, 0.2) is 0 Å². The van der Waals surface area contributed by atoms with Gasteiger partial charge in [0.1, 0.15) is 0 Å². The summed E-state index contributed by atoms with van der Waals surface area (Å²) in [6, 6.07) is 0. The van der Waals surface area contributed by atoms with Gasteiger partial charge in [-0.15, -0.1) is 11.8 Å². The third-order valence-electron chi connectivity index (χ3n) is 2.97. The molecule has 0 aromatic heterocycles. The summed E-state index contributed by atoms with van der Waals surface area (Å²) in [5.41, 5.74) is 0.583. The molecule has 1 heteroatoms. The van der Waals surface area contributed by atoms with Gasteiger partial charge in [-0.3, -0.25) is 0 Å². The van der Waals surface area contributed by atoms with E-state index in [-0.39, 0.29) is 0 Å². The molecule has 13 heavy (non-hydrogen) atoms. The summed E-state index contributed by atoms with van der Waals surface area (Å²) in [5, 5.41) is 3.50. The van der Waals surface area contributed by atoms with Gasteiger partial charge in [-0.2, -0.15) is 0 Å². The first-order valence-electron chi connectivity index (χ1n) is 5.37. The molecule has 0 amide bonds. The molecular weight excluding hydrogens is 158 g/mol. The van der Waals surface area contributed by atoms with E-state index in [0.717, 1.165) is 13.0 Å². The molecule has 74 valence electrons. The maximum Gasteiger partial charge on any atom is 0.0214 e. The zero-order chi connectivity index (χ0) is 9.57. The Hall–Kier alpha value is -0.480. The summed E-state index contributed by atoms with van der Waals surface area (Å²) >= 11 is 0. The standard InChI is InChI=1S/C12H21N/c1-3-4-7-10-13-11-12(2)8-5-6-9-12/h13H,5-11H2,1-2H3. The first-order chi connectivity index (χ1) is 6.27.